The maximum absolute atomic E-state index is 11.7. The van der Waals surface area contributed by atoms with Gasteiger partial charge in [0.05, 0.1) is 5.56 Å². The van der Waals surface area contributed by atoms with Crippen LogP contribution in [0.5, 0.6) is 0 Å². The molecule has 0 aliphatic rings. The van der Waals surface area contributed by atoms with E-state index in [2.05, 4.69) is 15.3 Å². The quantitative estimate of drug-likeness (QED) is 0.859. The third kappa shape index (κ3) is 2.29. The van der Waals surface area contributed by atoms with Crippen LogP contribution in [-0.2, 0) is 0 Å². The van der Waals surface area contributed by atoms with Gasteiger partial charge in [-0.05, 0) is 12.1 Å². The van der Waals surface area contributed by atoms with E-state index in [0.29, 0.717) is 15.7 Å². The molecule has 0 aliphatic carbocycles. The number of pyridine rings is 1. The van der Waals surface area contributed by atoms with E-state index in [-0.39, 0.29) is 11.1 Å². The van der Waals surface area contributed by atoms with Gasteiger partial charge in [0.15, 0.2) is 10.3 Å². The molecule has 0 spiro atoms. The summed E-state index contributed by atoms with van der Waals surface area (Å²) in [6.07, 6.45) is 3.06. The number of hydrogen-bond donors (Lipinski definition) is 2. The first-order valence-corrected chi connectivity index (χ1v) is 5.49. The number of anilines is 2. The fraction of sp³-hybridized carbons (Fsp3) is 0. The number of carbonyl (C=O) groups excluding carboxylic acids is 1. The van der Waals surface area contributed by atoms with E-state index in [9.17, 15) is 4.79 Å². The molecule has 0 fully saturated rings. The Morgan fingerprint density at radius 3 is 2.94 bits per heavy atom. The third-order valence-corrected chi connectivity index (χ3v) is 2.95. The van der Waals surface area contributed by atoms with Crippen LogP contribution in [0, 0.1) is 0 Å². The molecule has 0 radical (unpaired) electrons. The molecule has 0 saturated heterocycles. The lowest BCUT2D eigenvalue weighted by atomic mass is 10.3. The Kier molecular flexibility index (Phi) is 3.02. The molecule has 2 rings (SSSR count). The van der Waals surface area contributed by atoms with Crippen LogP contribution in [0.2, 0.25) is 5.15 Å². The van der Waals surface area contributed by atoms with Gasteiger partial charge in [0.1, 0.15) is 5.00 Å². The summed E-state index contributed by atoms with van der Waals surface area (Å²) < 4.78 is 0. The molecular formula is C9H7ClN4OS. The van der Waals surface area contributed by atoms with Crippen molar-refractivity contribution in [1.82, 2.24) is 9.97 Å². The van der Waals surface area contributed by atoms with Gasteiger partial charge < -0.3 is 5.73 Å². The number of nitrogen functional groups attached to an aromatic ring is 1. The predicted molar refractivity (Wildman–Crippen MR) is 63.7 cm³/mol. The van der Waals surface area contributed by atoms with Crippen molar-refractivity contribution >= 4 is 39.0 Å². The second-order valence-corrected chi connectivity index (χ2v) is 4.26. The number of aromatic nitrogens is 2. The van der Waals surface area contributed by atoms with E-state index in [1.54, 1.807) is 18.3 Å². The van der Waals surface area contributed by atoms with Crippen molar-refractivity contribution in [2.24, 2.45) is 0 Å². The van der Waals surface area contributed by atoms with E-state index >= 15 is 0 Å². The molecule has 0 bridgehead atoms. The Bertz CT molecular complexity index is 494. The molecular weight excluding hydrogens is 248 g/mol. The summed E-state index contributed by atoms with van der Waals surface area (Å²) in [7, 11) is 0. The Hall–Kier alpha value is -1.66. The number of rotatable bonds is 2. The molecule has 82 valence electrons. The highest BCUT2D eigenvalue weighted by Gasteiger charge is 2.10. The zero-order valence-corrected chi connectivity index (χ0v) is 9.55. The highest BCUT2D eigenvalue weighted by molar-refractivity contribution is 7.20. The molecule has 2 aromatic rings. The highest BCUT2D eigenvalue weighted by Crippen LogP contribution is 2.29. The van der Waals surface area contributed by atoms with Crippen molar-refractivity contribution in [2.75, 3.05) is 11.1 Å². The van der Waals surface area contributed by atoms with Crippen LogP contribution < -0.4 is 11.1 Å². The molecule has 1 amide bonds. The first kappa shape index (κ1) is 10.8. The lowest BCUT2D eigenvalue weighted by Crippen LogP contribution is -2.11. The second-order valence-electron chi connectivity index (χ2n) is 2.87. The van der Waals surface area contributed by atoms with E-state index < -0.39 is 0 Å². The zero-order chi connectivity index (χ0) is 11.5. The first-order chi connectivity index (χ1) is 7.66. The van der Waals surface area contributed by atoms with Crippen molar-refractivity contribution < 1.29 is 4.79 Å². The summed E-state index contributed by atoms with van der Waals surface area (Å²) in [4.78, 5) is 19.4. The number of thiazole rings is 1. The van der Waals surface area contributed by atoms with Crippen LogP contribution in [0.15, 0.2) is 24.5 Å². The normalized spacial score (nSPS) is 10.1. The Morgan fingerprint density at radius 2 is 2.38 bits per heavy atom. The Morgan fingerprint density at radius 1 is 1.56 bits per heavy atom. The van der Waals surface area contributed by atoms with Crippen LogP contribution in [0.1, 0.15) is 10.4 Å². The lowest BCUT2D eigenvalue weighted by molar-refractivity contribution is 0.102. The van der Waals surface area contributed by atoms with E-state index in [0.717, 1.165) is 11.3 Å². The summed E-state index contributed by atoms with van der Waals surface area (Å²) >= 11 is 6.79. The maximum Gasteiger partial charge on any atom is 0.259 e. The molecule has 0 aliphatic heterocycles. The van der Waals surface area contributed by atoms with Crippen LogP contribution in [0.4, 0.5) is 10.1 Å². The van der Waals surface area contributed by atoms with Crippen molar-refractivity contribution in [3.63, 3.8) is 0 Å². The average Bonchev–Trinajstić information content (AvgIpc) is 2.59. The van der Waals surface area contributed by atoms with Crippen LogP contribution in [-0.4, -0.2) is 15.9 Å². The number of hydrogen-bond acceptors (Lipinski definition) is 5. The number of carbonyl (C=O) groups is 1. The lowest BCUT2D eigenvalue weighted by Gasteiger charge is -1.99. The summed E-state index contributed by atoms with van der Waals surface area (Å²) in [5, 5.41) is 3.53. The zero-order valence-electron chi connectivity index (χ0n) is 7.98. The number of nitrogens with one attached hydrogen (secondary N) is 1. The number of halogens is 1. The predicted octanol–water partition coefficient (Wildman–Crippen LogP) is 2.03. The molecule has 0 atom stereocenters. The van der Waals surface area contributed by atoms with Crippen LogP contribution >= 0.6 is 22.9 Å². The molecule has 5 nitrogen and oxygen atoms in total. The van der Waals surface area contributed by atoms with Gasteiger partial charge in [-0.2, -0.15) is 0 Å². The minimum Gasteiger partial charge on any atom is -0.388 e. The van der Waals surface area contributed by atoms with Gasteiger partial charge in [-0.1, -0.05) is 22.9 Å². The van der Waals surface area contributed by atoms with E-state index in [1.807, 2.05) is 0 Å². The van der Waals surface area contributed by atoms with Crippen LogP contribution in [0.3, 0.4) is 0 Å². The van der Waals surface area contributed by atoms with Gasteiger partial charge in [-0.25, -0.2) is 4.98 Å². The summed E-state index contributed by atoms with van der Waals surface area (Å²) in [5.74, 6) is -0.293. The SMILES string of the molecule is Nc1sc(NC(=O)c2cccnc2)nc1Cl. The fourth-order valence-electron chi connectivity index (χ4n) is 1.03. The number of nitrogens with zero attached hydrogens (tertiary/aromatic N) is 2. The standard InChI is InChI=1S/C9H7ClN4OS/c10-6-7(11)16-9(13-6)14-8(15)5-2-1-3-12-4-5/h1-4H,11H2,(H,13,14,15). The van der Waals surface area contributed by atoms with Crippen molar-refractivity contribution in [3.05, 3.63) is 35.2 Å². The van der Waals surface area contributed by atoms with E-state index in [4.69, 9.17) is 17.3 Å². The molecule has 7 heteroatoms. The molecule has 3 N–H and O–H groups in total. The van der Waals surface area contributed by atoms with Gasteiger partial charge in [-0.15, -0.1) is 0 Å². The summed E-state index contributed by atoms with van der Waals surface area (Å²) in [6, 6.07) is 3.33. The van der Waals surface area contributed by atoms with Gasteiger partial charge >= 0.3 is 0 Å². The van der Waals surface area contributed by atoms with Crippen LogP contribution in [0.25, 0.3) is 0 Å². The average molecular weight is 255 g/mol. The molecule has 0 unspecified atom stereocenters. The third-order valence-electron chi connectivity index (χ3n) is 1.75. The van der Waals surface area contributed by atoms with Crippen molar-refractivity contribution in [1.29, 1.82) is 0 Å². The monoisotopic (exact) mass is 254 g/mol. The highest BCUT2D eigenvalue weighted by atomic mass is 35.5. The summed E-state index contributed by atoms with van der Waals surface area (Å²) in [6.45, 7) is 0. The van der Waals surface area contributed by atoms with Gasteiger partial charge in [0, 0.05) is 12.4 Å². The topological polar surface area (TPSA) is 80.9 Å². The van der Waals surface area contributed by atoms with Crippen molar-refractivity contribution in [2.45, 2.75) is 0 Å². The minimum atomic E-state index is -0.293. The molecule has 0 aromatic carbocycles. The second kappa shape index (κ2) is 4.46. The van der Waals surface area contributed by atoms with Gasteiger partial charge in [-0.3, -0.25) is 15.1 Å². The number of amides is 1. The first-order valence-electron chi connectivity index (χ1n) is 4.30. The van der Waals surface area contributed by atoms with Gasteiger partial charge in [0.2, 0.25) is 0 Å². The Labute approximate surface area is 100 Å². The minimum absolute atomic E-state index is 0.200. The Balaban J connectivity index is 2.14. The maximum atomic E-state index is 11.7. The summed E-state index contributed by atoms with van der Waals surface area (Å²) in [5.41, 5.74) is 5.97. The molecule has 2 aromatic heterocycles. The molecule has 16 heavy (non-hydrogen) atoms. The van der Waals surface area contributed by atoms with Gasteiger partial charge in [0.25, 0.3) is 5.91 Å². The fourth-order valence-corrected chi connectivity index (χ4v) is 1.90. The molecule has 2 heterocycles. The largest absolute Gasteiger partial charge is 0.388 e. The number of nitrogens with two attached hydrogens (primary N) is 1. The van der Waals surface area contributed by atoms with E-state index in [1.165, 1.54) is 6.20 Å². The molecule has 0 saturated carbocycles. The smallest absolute Gasteiger partial charge is 0.259 e. The van der Waals surface area contributed by atoms with Crippen molar-refractivity contribution in [3.8, 4) is 0 Å².